The van der Waals surface area contributed by atoms with Crippen molar-refractivity contribution in [1.82, 2.24) is 19.9 Å². The Labute approximate surface area is 253 Å². The van der Waals surface area contributed by atoms with Crippen LogP contribution < -0.4 is 0 Å². The van der Waals surface area contributed by atoms with E-state index in [0.717, 1.165) is 66.4 Å². The third-order valence-electron chi connectivity index (χ3n) is 8.56. The Morgan fingerprint density at radius 2 is 1.20 bits per heavy atom. The van der Waals surface area contributed by atoms with Gasteiger partial charge in [-0.2, -0.15) is 0 Å². The molecule has 0 amide bonds. The van der Waals surface area contributed by atoms with Gasteiger partial charge in [-0.05, 0) is 52.7 Å². The molecule has 4 heteroatoms. The Bertz CT molecular complexity index is 2540. The van der Waals surface area contributed by atoms with Crippen molar-refractivity contribution in [2.24, 2.45) is 0 Å². The van der Waals surface area contributed by atoms with Crippen molar-refractivity contribution in [2.45, 2.75) is 0 Å². The maximum atomic E-state index is 5.20. The van der Waals surface area contributed by atoms with Crippen LogP contribution in [0.5, 0.6) is 0 Å². The predicted octanol–water partition coefficient (Wildman–Crippen LogP) is 10.0. The van der Waals surface area contributed by atoms with E-state index in [1.807, 2.05) is 30.7 Å². The van der Waals surface area contributed by atoms with E-state index in [9.17, 15) is 0 Å². The summed E-state index contributed by atoms with van der Waals surface area (Å²) in [7, 11) is 0. The molecule has 0 atom stereocenters. The quantitative estimate of drug-likeness (QED) is 0.202. The Hall–Kier alpha value is -6.00. The minimum atomic E-state index is 0.891. The average molecular weight is 561 g/mol. The molecule has 0 unspecified atom stereocenters. The van der Waals surface area contributed by atoms with E-state index in [1.165, 1.54) is 21.5 Å². The first-order valence-corrected chi connectivity index (χ1v) is 14.7. The molecule has 4 heterocycles. The van der Waals surface area contributed by atoms with Crippen LogP contribution in [0.25, 0.3) is 87.9 Å². The minimum Gasteiger partial charge on any atom is -0.256 e. The molecule has 0 aliphatic rings. The summed E-state index contributed by atoms with van der Waals surface area (Å²) < 4.78 is 0. The van der Waals surface area contributed by atoms with Gasteiger partial charge in [0.25, 0.3) is 0 Å². The van der Waals surface area contributed by atoms with Crippen molar-refractivity contribution in [1.29, 1.82) is 0 Å². The molecule has 0 aliphatic carbocycles. The van der Waals surface area contributed by atoms with Gasteiger partial charge in [0.2, 0.25) is 0 Å². The first-order chi connectivity index (χ1) is 21.8. The molecular formula is C40H24N4. The molecule has 4 aromatic heterocycles. The predicted molar refractivity (Wildman–Crippen MR) is 181 cm³/mol. The van der Waals surface area contributed by atoms with Crippen LogP contribution in [0.1, 0.15) is 0 Å². The molecule has 44 heavy (non-hydrogen) atoms. The SMILES string of the molecule is c1cc(-c2ccc(-c3cc4cccnc4c4ncccc34)nc2)cc(-c2nc3ccccc3c3c2ccc2ccccc23)c1. The lowest BCUT2D eigenvalue weighted by atomic mass is 9.94. The van der Waals surface area contributed by atoms with Crippen LogP contribution in [0.15, 0.2) is 146 Å². The van der Waals surface area contributed by atoms with Gasteiger partial charge in [0.15, 0.2) is 0 Å². The van der Waals surface area contributed by atoms with Crippen LogP contribution in [0.3, 0.4) is 0 Å². The summed E-state index contributed by atoms with van der Waals surface area (Å²) in [5.74, 6) is 0. The van der Waals surface area contributed by atoms with E-state index >= 15 is 0 Å². The third-order valence-corrected chi connectivity index (χ3v) is 8.56. The van der Waals surface area contributed by atoms with Gasteiger partial charge < -0.3 is 0 Å². The zero-order valence-corrected chi connectivity index (χ0v) is 23.6. The number of rotatable bonds is 3. The number of pyridine rings is 4. The molecule has 4 nitrogen and oxygen atoms in total. The van der Waals surface area contributed by atoms with Crippen LogP contribution >= 0.6 is 0 Å². The van der Waals surface area contributed by atoms with Gasteiger partial charge in [0.05, 0.1) is 27.9 Å². The number of aromatic nitrogens is 4. The van der Waals surface area contributed by atoms with E-state index < -0.39 is 0 Å². The zero-order chi connectivity index (χ0) is 29.0. The van der Waals surface area contributed by atoms with Gasteiger partial charge >= 0.3 is 0 Å². The molecule has 204 valence electrons. The van der Waals surface area contributed by atoms with Gasteiger partial charge in [0, 0.05) is 62.2 Å². The van der Waals surface area contributed by atoms with Crippen LogP contribution in [0.2, 0.25) is 0 Å². The zero-order valence-electron chi connectivity index (χ0n) is 23.6. The topological polar surface area (TPSA) is 51.6 Å². The first-order valence-electron chi connectivity index (χ1n) is 14.7. The fourth-order valence-corrected chi connectivity index (χ4v) is 6.50. The second-order valence-corrected chi connectivity index (χ2v) is 11.1. The Morgan fingerprint density at radius 1 is 0.432 bits per heavy atom. The third kappa shape index (κ3) is 3.85. The summed E-state index contributed by atoms with van der Waals surface area (Å²) >= 11 is 0. The normalized spacial score (nSPS) is 11.6. The molecule has 0 spiro atoms. The van der Waals surface area contributed by atoms with Gasteiger partial charge in [-0.3, -0.25) is 15.0 Å². The van der Waals surface area contributed by atoms with Crippen molar-refractivity contribution in [3.05, 3.63) is 146 Å². The summed E-state index contributed by atoms with van der Waals surface area (Å²) in [5.41, 5.74) is 8.96. The number of nitrogens with zero attached hydrogens (tertiary/aromatic N) is 4. The smallest absolute Gasteiger partial charge is 0.0971 e. The second-order valence-electron chi connectivity index (χ2n) is 11.1. The maximum absolute atomic E-state index is 5.20. The molecule has 9 rings (SSSR count). The second kappa shape index (κ2) is 9.79. The molecule has 9 aromatic rings. The maximum Gasteiger partial charge on any atom is 0.0971 e. The summed E-state index contributed by atoms with van der Waals surface area (Å²) in [6.07, 6.45) is 5.60. The summed E-state index contributed by atoms with van der Waals surface area (Å²) in [4.78, 5) is 19.4. The lowest BCUT2D eigenvalue weighted by molar-refractivity contribution is 1.32. The molecule has 0 bridgehead atoms. The monoisotopic (exact) mass is 560 g/mol. The fraction of sp³-hybridized carbons (Fsp3) is 0. The summed E-state index contributed by atoms with van der Waals surface area (Å²) in [6.45, 7) is 0. The molecule has 0 N–H and O–H groups in total. The van der Waals surface area contributed by atoms with Crippen molar-refractivity contribution in [3.63, 3.8) is 0 Å². The Morgan fingerprint density at radius 3 is 2.11 bits per heavy atom. The molecule has 0 fully saturated rings. The molecular weight excluding hydrogens is 536 g/mol. The number of benzene rings is 5. The van der Waals surface area contributed by atoms with E-state index in [-0.39, 0.29) is 0 Å². The van der Waals surface area contributed by atoms with Crippen LogP contribution in [-0.2, 0) is 0 Å². The summed E-state index contributed by atoms with van der Waals surface area (Å²) in [6, 6.07) is 44.6. The standard InChI is InChI=1S/C40H24N4/c1-2-12-30-25(8-1)16-18-33-37(30)32-13-3-4-15-36(32)44-38(33)27-10-5-9-26(22-27)29-17-19-35(43-24-29)34-23-28-11-6-20-41-39(28)40-31(34)14-7-21-42-40/h1-24H. The van der Waals surface area contributed by atoms with Crippen LogP contribution in [-0.4, -0.2) is 19.9 Å². The highest BCUT2D eigenvalue weighted by Gasteiger charge is 2.15. The van der Waals surface area contributed by atoms with Gasteiger partial charge in [-0.1, -0.05) is 91.0 Å². The highest BCUT2D eigenvalue weighted by molar-refractivity contribution is 6.22. The van der Waals surface area contributed by atoms with Crippen LogP contribution in [0.4, 0.5) is 0 Å². The highest BCUT2D eigenvalue weighted by atomic mass is 14.7. The molecule has 0 saturated carbocycles. The average Bonchev–Trinajstić information content (AvgIpc) is 3.11. The molecule has 0 aliphatic heterocycles. The Kier molecular flexibility index (Phi) is 5.47. The van der Waals surface area contributed by atoms with E-state index in [0.29, 0.717) is 0 Å². The highest BCUT2D eigenvalue weighted by Crippen LogP contribution is 2.38. The lowest BCUT2D eigenvalue weighted by Gasteiger charge is -2.13. The number of hydrogen-bond acceptors (Lipinski definition) is 4. The lowest BCUT2D eigenvalue weighted by Crippen LogP contribution is -1.92. The van der Waals surface area contributed by atoms with E-state index in [4.69, 9.17) is 9.97 Å². The fourth-order valence-electron chi connectivity index (χ4n) is 6.50. The summed E-state index contributed by atoms with van der Waals surface area (Å²) in [5, 5.41) is 8.14. The Balaban J connectivity index is 1.17. The van der Waals surface area contributed by atoms with Crippen LogP contribution in [0, 0.1) is 0 Å². The van der Waals surface area contributed by atoms with Gasteiger partial charge in [-0.25, -0.2) is 4.98 Å². The van der Waals surface area contributed by atoms with Crippen molar-refractivity contribution >= 4 is 54.3 Å². The van der Waals surface area contributed by atoms with E-state index in [2.05, 4.69) is 125 Å². The van der Waals surface area contributed by atoms with Gasteiger partial charge in [-0.15, -0.1) is 0 Å². The molecule has 0 saturated heterocycles. The van der Waals surface area contributed by atoms with Crippen molar-refractivity contribution < 1.29 is 0 Å². The van der Waals surface area contributed by atoms with Crippen molar-refractivity contribution in [3.8, 4) is 33.6 Å². The minimum absolute atomic E-state index is 0.891. The van der Waals surface area contributed by atoms with Gasteiger partial charge in [0.1, 0.15) is 0 Å². The molecule has 0 radical (unpaired) electrons. The number of fused-ring (bicyclic) bond motifs is 8. The molecule has 5 aromatic carbocycles. The number of hydrogen-bond donors (Lipinski definition) is 0. The largest absolute Gasteiger partial charge is 0.256 e. The van der Waals surface area contributed by atoms with E-state index in [1.54, 1.807) is 0 Å². The first kappa shape index (κ1) is 24.6. The number of para-hydroxylation sites is 1. The van der Waals surface area contributed by atoms with Crippen molar-refractivity contribution in [2.75, 3.05) is 0 Å².